The second kappa shape index (κ2) is 13.8. The van der Waals surface area contributed by atoms with Gasteiger partial charge >= 0.3 is 0 Å². The number of carbonyl (C=O) groups is 3. The van der Waals surface area contributed by atoms with Gasteiger partial charge in [-0.3, -0.25) is 14.4 Å². The number of allylic oxidation sites excluding steroid dienone is 1. The zero-order valence-corrected chi connectivity index (χ0v) is 24.4. The van der Waals surface area contributed by atoms with Crippen LogP contribution >= 0.6 is 0 Å². The Morgan fingerprint density at radius 1 is 1.00 bits per heavy atom. The highest BCUT2D eigenvalue weighted by atomic mass is 16.1. The van der Waals surface area contributed by atoms with E-state index in [1.54, 1.807) is 0 Å². The first-order valence-electron chi connectivity index (χ1n) is 14.7. The average Bonchev–Trinajstić information content (AvgIpc) is 3.28. The third-order valence-corrected chi connectivity index (χ3v) is 8.02. The number of ketones is 3. The van der Waals surface area contributed by atoms with Crippen LogP contribution in [0.25, 0.3) is 11.6 Å². The van der Waals surface area contributed by atoms with Crippen LogP contribution < -0.4 is 0 Å². The minimum atomic E-state index is -0.0978. The molecule has 0 saturated carbocycles. The number of carbonyl (C=O) groups excluding carboxylic acids is 3. The van der Waals surface area contributed by atoms with Crippen molar-refractivity contribution in [3.05, 3.63) is 69.8 Å². The fraction of sp³-hybridized carbons (Fsp3) is 0.514. The van der Waals surface area contributed by atoms with E-state index in [2.05, 4.69) is 70.2 Å². The van der Waals surface area contributed by atoms with Crippen molar-refractivity contribution in [3.63, 3.8) is 0 Å². The van der Waals surface area contributed by atoms with Crippen LogP contribution in [0.1, 0.15) is 118 Å². The molecule has 3 unspecified atom stereocenters. The summed E-state index contributed by atoms with van der Waals surface area (Å²) in [4.78, 5) is 38.0. The van der Waals surface area contributed by atoms with Crippen molar-refractivity contribution in [3.8, 4) is 0 Å². The quantitative estimate of drug-likeness (QED) is 0.298. The molecule has 2 aliphatic rings. The monoisotopic (exact) mass is 514 g/mol. The van der Waals surface area contributed by atoms with Crippen LogP contribution in [-0.2, 0) is 22.4 Å². The minimum absolute atomic E-state index is 0.0310. The lowest BCUT2D eigenvalue weighted by Gasteiger charge is -2.32. The van der Waals surface area contributed by atoms with Crippen molar-refractivity contribution < 1.29 is 14.4 Å². The van der Waals surface area contributed by atoms with Gasteiger partial charge in [0, 0.05) is 17.9 Å². The number of hydrogen-bond donors (Lipinski definition) is 0. The standard InChI is InChI=1S/C32H38O3.C3H8/c1-5-9-25(27(6-2)30(34)14-21(4)33)15-22-16-29-28(13-12-20(3)32(29)31(35)17-22)26-18-23-10-7-8-11-24(23)19-26;1-3-2/h7-8,10-13,18,22,25,27H,5-6,9,14-17,19H2,1-4H3;3H2,1-2H3. The highest BCUT2D eigenvalue weighted by molar-refractivity contribution is 6.02. The highest BCUT2D eigenvalue weighted by Crippen LogP contribution is 2.41. The number of aryl methyl sites for hydroxylation is 1. The Balaban J connectivity index is 0.00000127. The predicted molar refractivity (Wildman–Crippen MR) is 158 cm³/mol. The zero-order valence-electron chi connectivity index (χ0n) is 24.4. The first kappa shape index (κ1) is 29.7. The summed E-state index contributed by atoms with van der Waals surface area (Å²) in [7, 11) is 0. The van der Waals surface area contributed by atoms with E-state index < -0.39 is 0 Å². The van der Waals surface area contributed by atoms with E-state index in [1.807, 2.05) is 6.92 Å². The van der Waals surface area contributed by atoms with E-state index in [1.165, 1.54) is 41.2 Å². The number of benzene rings is 2. The number of Topliss-reactive ketones (excluding diaryl/α,β-unsaturated/α-hetero) is 3. The maximum absolute atomic E-state index is 13.4. The van der Waals surface area contributed by atoms with Gasteiger partial charge < -0.3 is 0 Å². The molecule has 0 spiro atoms. The van der Waals surface area contributed by atoms with Crippen molar-refractivity contribution >= 4 is 29.0 Å². The van der Waals surface area contributed by atoms with Gasteiger partial charge in [0.2, 0.25) is 0 Å². The van der Waals surface area contributed by atoms with Crippen LogP contribution in [0.15, 0.2) is 36.4 Å². The molecular weight excluding hydrogens is 468 g/mol. The van der Waals surface area contributed by atoms with Crippen molar-refractivity contribution in [1.82, 2.24) is 0 Å². The summed E-state index contributed by atoms with van der Waals surface area (Å²) in [6, 6.07) is 12.8. The molecule has 3 nitrogen and oxygen atoms in total. The summed E-state index contributed by atoms with van der Waals surface area (Å²) in [6.45, 7) is 12.0. The maximum Gasteiger partial charge on any atom is 0.163 e. The van der Waals surface area contributed by atoms with E-state index in [9.17, 15) is 14.4 Å². The summed E-state index contributed by atoms with van der Waals surface area (Å²) in [5.74, 6) is 0.613. The Kier molecular flexibility index (Phi) is 10.8. The van der Waals surface area contributed by atoms with Crippen LogP contribution in [0.2, 0.25) is 0 Å². The Morgan fingerprint density at radius 3 is 2.34 bits per heavy atom. The average molecular weight is 515 g/mol. The third kappa shape index (κ3) is 6.98. The Bertz CT molecular complexity index is 1190. The summed E-state index contributed by atoms with van der Waals surface area (Å²) in [5.41, 5.74) is 8.31. The van der Waals surface area contributed by atoms with E-state index in [4.69, 9.17) is 0 Å². The van der Waals surface area contributed by atoms with Crippen molar-refractivity contribution in [2.75, 3.05) is 0 Å². The van der Waals surface area contributed by atoms with Crippen molar-refractivity contribution in [2.24, 2.45) is 17.8 Å². The van der Waals surface area contributed by atoms with Crippen molar-refractivity contribution in [2.45, 2.75) is 99.3 Å². The molecule has 3 atom stereocenters. The van der Waals surface area contributed by atoms with E-state index in [-0.39, 0.29) is 41.5 Å². The fourth-order valence-electron chi connectivity index (χ4n) is 6.49. The Hall–Kier alpha value is -2.81. The molecule has 3 heteroatoms. The second-order valence-electron chi connectivity index (χ2n) is 11.4. The van der Waals surface area contributed by atoms with Gasteiger partial charge in [-0.2, -0.15) is 0 Å². The fourth-order valence-corrected chi connectivity index (χ4v) is 6.49. The van der Waals surface area contributed by atoms with Crippen LogP contribution in [0.5, 0.6) is 0 Å². The summed E-state index contributed by atoms with van der Waals surface area (Å²) < 4.78 is 0. The molecule has 2 aliphatic carbocycles. The van der Waals surface area contributed by atoms with Gasteiger partial charge in [0.25, 0.3) is 0 Å². The molecule has 0 radical (unpaired) electrons. The van der Waals surface area contributed by atoms with Gasteiger partial charge in [0.1, 0.15) is 11.6 Å². The molecular formula is C35H46O3. The first-order valence-corrected chi connectivity index (χ1v) is 14.7. The molecule has 2 aromatic rings. The van der Waals surface area contributed by atoms with Gasteiger partial charge in [-0.05, 0) is 84.8 Å². The van der Waals surface area contributed by atoms with Gasteiger partial charge in [0.15, 0.2) is 5.78 Å². The molecule has 0 aliphatic heterocycles. The number of fused-ring (bicyclic) bond motifs is 2. The first-order chi connectivity index (χ1) is 18.2. The van der Waals surface area contributed by atoms with E-state index in [0.717, 1.165) is 49.7 Å². The van der Waals surface area contributed by atoms with Crippen LogP contribution in [0.3, 0.4) is 0 Å². The Labute approximate surface area is 230 Å². The minimum Gasteiger partial charge on any atom is -0.300 e. The molecule has 0 fully saturated rings. The van der Waals surface area contributed by atoms with E-state index >= 15 is 0 Å². The molecule has 4 rings (SSSR count). The lowest BCUT2D eigenvalue weighted by atomic mass is 9.71. The zero-order chi connectivity index (χ0) is 27.8. The van der Waals surface area contributed by atoms with Crippen molar-refractivity contribution in [1.29, 1.82) is 0 Å². The molecule has 204 valence electrons. The maximum atomic E-state index is 13.4. The van der Waals surface area contributed by atoms with Gasteiger partial charge in [-0.1, -0.05) is 89.4 Å². The molecule has 0 aromatic heterocycles. The number of rotatable bonds is 10. The topological polar surface area (TPSA) is 51.2 Å². The highest BCUT2D eigenvalue weighted by Gasteiger charge is 2.34. The van der Waals surface area contributed by atoms with Crippen LogP contribution in [0.4, 0.5) is 0 Å². The second-order valence-corrected chi connectivity index (χ2v) is 11.4. The largest absolute Gasteiger partial charge is 0.300 e. The molecule has 0 heterocycles. The lowest BCUT2D eigenvalue weighted by Crippen LogP contribution is -2.30. The SMILES string of the molecule is CCC.CCCC(CC1CC(=O)c2c(C)ccc(C3=Cc4ccccc4C3)c2C1)C(CC)C(=O)CC(C)=O. The molecule has 0 bridgehead atoms. The lowest BCUT2D eigenvalue weighted by molar-refractivity contribution is -0.129. The third-order valence-electron chi connectivity index (χ3n) is 8.02. The van der Waals surface area contributed by atoms with Gasteiger partial charge in [-0.15, -0.1) is 0 Å². The van der Waals surface area contributed by atoms with Gasteiger partial charge in [0.05, 0.1) is 6.42 Å². The summed E-state index contributed by atoms with van der Waals surface area (Å²) in [5, 5.41) is 0. The smallest absolute Gasteiger partial charge is 0.163 e. The van der Waals surface area contributed by atoms with Crippen LogP contribution in [-0.4, -0.2) is 17.3 Å². The summed E-state index contributed by atoms with van der Waals surface area (Å²) >= 11 is 0. The molecule has 38 heavy (non-hydrogen) atoms. The molecule has 2 aromatic carbocycles. The summed E-state index contributed by atoms with van der Waals surface area (Å²) in [6.07, 6.45) is 9.47. The molecule has 0 amide bonds. The molecule has 0 saturated heterocycles. The number of hydrogen-bond acceptors (Lipinski definition) is 3. The predicted octanol–water partition coefficient (Wildman–Crippen LogP) is 8.63. The van der Waals surface area contributed by atoms with Gasteiger partial charge in [-0.25, -0.2) is 0 Å². The normalized spacial score (nSPS) is 17.5. The molecule has 0 N–H and O–H groups in total. The van der Waals surface area contributed by atoms with Crippen LogP contribution in [0, 0.1) is 24.7 Å². The Morgan fingerprint density at radius 2 is 1.71 bits per heavy atom. The van der Waals surface area contributed by atoms with E-state index in [0.29, 0.717) is 6.42 Å².